The minimum atomic E-state index is -0.727. The lowest BCUT2D eigenvalue weighted by atomic mass is 9.84. The van der Waals surface area contributed by atoms with E-state index in [1.54, 1.807) is 23.8 Å². The molecule has 2 aliphatic heterocycles. The molecule has 2 N–H and O–H groups in total. The van der Waals surface area contributed by atoms with Crippen molar-refractivity contribution < 1.29 is 23.9 Å². The van der Waals surface area contributed by atoms with Gasteiger partial charge in [0.15, 0.2) is 0 Å². The number of carbonyl (C=O) groups is 4. The molecule has 0 radical (unpaired) electrons. The molecule has 2 heterocycles. The molecule has 1 unspecified atom stereocenters. The van der Waals surface area contributed by atoms with Gasteiger partial charge >= 0.3 is 0 Å². The maximum Gasteiger partial charge on any atom is 0.249 e. The molecule has 46 heavy (non-hydrogen) atoms. The van der Waals surface area contributed by atoms with Crippen molar-refractivity contribution >= 4 is 23.6 Å². The predicted molar refractivity (Wildman–Crippen MR) is 184 cm³/mol. The summed E-state index contributed by atoms with van der Waals surface area (Å²) >= 11 is 0. The van der Waals surface area contributed by atoms with Crippen LogP contribution in [0.15, 0.2) is 11.6 Å². The zero-order valence-electron chi connectivity index (χ0n) is 30.6. The Morgan fingerprint density at radius 1 is 0.935 bits per heavy atom. The maximum absolute atomic E-state index is 14.1. The lowest BCUT2D eigenvalue weighted by Gasteiger charge is -2.41. The van der Waals surface area contributed by atoms with Gasteiger partial charge in [-0.2, -0.15) is 0 Å². The van der Waals surface area contributed by atoms with Crippen LogP contribution in [-0.4, -0.2) is 108 Å². The molecule has 4 atom stereocenters. The average molecular weight is 648 g/mol. The molecule has 2 saturated heterocycles. The zero-order chi connectivity index (χ0) is 34.6. The van der Waals surface area contributed by atoms with Crippen molar-refractivity contribution in [1.82, 2.24) is 25.3 Å². The Hall–Kier alpha value is -2.46. The standard InChI is InChI=1S/C36H65N5O5/c1-11-12-22-46-23-16-19-37-32(42)28-18-15-21-41(28)34(44)27(6)24-30(25(2)3)39(10)35(45)31(36(7,8)9)38-33(43)29-17-13-14-20-40(29)26(4)5/h24-26,28-31H,11-23H2,1-10H3,(H,37,42)(H,38,43)/b27-24+/t28-,29+,30+,31?/m0/s1. The first-order chi connectivity index (χ1) is 21.6. The van der Waals surface area contributed by atoms with Gasteiger partial charge in [-0.1, -0.05) is 60.5 Å². The number of unbranched alkanes of at least 4 members (excludes halogenated alkanes) is 1. The highest BCUT2D eigenvalue weighted by atomic mass is 16.5. The van der Waals surface area contributed by atoms with Crippen molar-refractivity contribution in [3.05, 3.63) is 11.6 Å². The molecule has 0 spiro atoms. The third-order valence-electron chi connectivity index (χ3n) is 9.37. The third-order valence-corrected chi connectivity index (χ3v) is 9.37. The zero-order valence-corrected chi connectivity index (χ0v) is 30.6. The van der Waals surface area contributed by atoms with Gasteiger partial charge in [-0.3, -0.25) is 24.1 Å². The summed E-state index contributed by atoms with van der Waals surface area (Å²) < 4.78 is 5.58. The van der Waals surface area contributed by atoms with Gasteiger partial charge in [0, 0.05) is 45.0 Å². The second kappa shape index (κ2) is 18.8. The van der Waals surface area contributed by atoms with Gasteiger partial charge in [0.2, 0.25) is 23.6 Å². The quantitative estimate of drug-likeness (QED) is 0.188. The molecule has 2 rings (SSSR count). The van der Waals surface area contributed by atoms with Crippen LogP contribution in [0.5, 0.6) is 0 Å². The lowest BCUT2D eigenvalue weighted by molar-refractivity contribution is -0.142. The van der Waals surface area contributed by atoms with Crippen LogP contribution >= 0.6 is 0 Å². The number of likely N-dealkylation sites (tertiary alicyclic amines) is 2. The molecule has 0 aromatic carbocycles. The summed E-state index contributed by atoms with van der Waals surface area (Å²) in [5.74, 6) is -0.572. The van der Waals surface area contributed by atoms with Crippen molar-refractivity contribution in [2.45, 2.75) is 144 Å². The van der Waals surface area contributed by atoms with E-state index in [4.69, 9.17) is 4.74 Å². The predicted octanol–water partition coefficient (Wildman–Crippen LogP) is 4.52. The molecule has 0 aromatic heterocycles. The number of likely N-dealkylation sites (N-methyl/N-ethyl adjacent to an activating group) is 1. The molecule has 264 valence electrons. The number of nitrogens with zero attached hydrogens (tertiary/aromatic N) is 3. The van der Waals surface area contributed by atoms with Gasteiger partial charge in [0.25, 0.3) is 0 Å². The second-order valence-corrected chi connectivity index (χ2v) is 15.0. The highest BCUT2D eigenvalue weighted by Crippen LogP contribution is 2.27. The minimum Gasteiger partial charge on any atom is -0.381 e. The van der Waals surface area contributed by atoms with E-state index in [1.165, 1.54) is 0 Å². The number of hydrogen-bond acceptors (Lipinski definition) is 6. The van der Waals surface area contributed by atoms with Crippen molar-refractivity contribution in [2.75, 3.05) is 39.9 Å². The Labute approximate surface area is 279 Å². The lowest BCUT2D eigenvalue weighted by Crippen LogP contribution is -2.60. The van der Waals surface area contributed by atoms with Crippen molar-refractivity contribution in [3.8, 4) is 0 Å². The molecule has 0 aliphatic carbocycles. The molecule has 0 saturated carbocycles. The van der Waals surface area contributed by atoms with E-state index in [-0.39, 0.29) is 47.7 Å². The minimum absolute atomic E-state index is 0.0139. The van der Waals surface area contributed by atoms with Gasteiger partial charge in [-0.25, -0.2) is 0 Å². The molecule has 10 nitrogen and oxygen atoms in total. The molecule has 2 fully saturated rings. The number of amides is 4. The van der Waals surface area contributed by atoms with Crippen molar-refractivity contribution in [2.24, 2.45) is 11.3 Å². The third kappa shape index (κ3) is 11.4. The summed E-state index contributed by atoms with van der Waals surface area (Å²) in [7, 11) is 1.76. The van der Waals surface area contributed by atoms with E-state index in [9.17, 15) is 19.2 Å². The Bertz CT molecular complexity index is 1040. The number of carbonyl (C=O) groups excluding carboxylic acids is 4. The number of ether oxygens (including phenoxy) is 1. The Morgan fingerprint density at radius 3 is 2.20 bits per heavy atom. The molecule has 4 amide bonds. The topological polar surface area (TPSA) is 111 Å². The van der Waals surface area contributed by atoms with Crippen LogP contribution in [0.3, 0.4) is 0 Å². The van der Waals surface area contributed by atoms with Gasteiger partial charge in [0.1, 0.15) is 12.1 Å². The monoisotopic (exact) mass is 647 g/mol. The van der Waals surface area contributed by atoms with E-state index >= 15 is 0 Å². The Balaban J connectivity index is 2.13. The molecule has 0 aromatic rings. The molecular formula is C36H65N5O5. The van der Waals surface area contributed by atoms with Crippen LogP contribution in [0.4, 0.5) is 0 Å². The first-order valence-electron chi connectivity index (χ1n) is 17.8. The second-order valence-electron chi connectivity index (χ2n) is 15.0. The fourth-order valence-electron chi connectivity index (χ4n) is 6.53. The summed E-state index contributed by atoms with van der Waals surface area (Å²) in [6.45, 7) is 21.3. The molecule has 0 bridgehead atoms. The van der Waals surface area contributed by atoms with E-state index in [1.807, 2.05) is 40.7 Å². The summed E-state index contributed by atoms with van der Waals surface area (Å²) in [6.07, 6.45) is 8.97. The largest absolute Gasteiger partial charge is 0.381 e. The van der Waals surface area contributed by atoms with E-state index in [2.05, 4.69) is 36.3 Å². The summed E-state index contributed by atoms with van der Waals surface area (Å²) in [5, 5.41) is 6.12. The maximum atomic E-state index is 14.1. The number of nitrogens with one attached hydrogen (secondary N) is 2. The van der Waals surface area contributed by atoms with Crippen molar-refractivity contribution in [1.29, 1.82) is 0 Å². The fourth-order valence-corrected chi connectivity index (χ4v) is 6.53. The van der Waals surface area contributed by atoms with Crippen molar-refractivity contribution in [3.63, 3.8) is 0 Å². The normalized spacial score (nSPS) is 21.0. The molecule has 10 heteroatoms. The number of piperidine rings is 1. The van der Waals surface area contributed by atoms with Crippen LogP contribution in [0.1, 0.15) is 114 Å². The highest BCUT2D eigenvalue weighted by Gasteiger charge is 2.40. The van der Waals surface area contributed by atoms with E-state index in [0.29, 0.717) is 31.7 Å². The van der Waals surface area contributed by atoms with Gasteiger partial charge in [-0.15, -0.1) is 0 Å². The number of rotatable bonds is 16. The number of hydrogen-bond donors (Lipinski definition) is 2. The van der Waals surface area contributed by atoms with Crippen LogP contribution in [0.2, 0.25) is 0 Å². The molecule has 2 aliphatic rings. The Kier molecular flexibility index (Phi) is 16.2. The smallest absolute Gasteiger partial charge is 0.249 e. The van der Waals surface area contributed by atoms with Gasteiger partial charge in [0.05, 0.1) is 12.1 Å². The van der Waals surface area contributed by atoms with E-state index in [0.717, 1.165) is 58.1 Å². The van der Waals surface area contributed by atoms with Gasteiger partial charge < -0.3 is 25.2 Å². The van der Waals surface area contributed by atoms with Crippen LogP contribution < -0.4 is 10.6 Å². The first-order valence-corrected chi connectivity index (χ1v) is 17.8. The Morgan fingerprint density at radius 2 is 1.59 bits per heavy atom. The fraction of sp³-hybridized carbons (Fsp3) is 0.833. The molecular weight excluding hydrogens is 582 g/mol. The van der Waals surface area contributed by atoms with Crippen LogP contribution in [0.25, 0.3) is 0 Å². The first kappa shape index (κ1) is 39.7. The SMILES string of the molecule is CCCCOCCCNC(=O)[C@@H]1CCCN1C(=O)/C(C)=C/[C@H](C(C)C)N(C)C(=O)C(NC(=O)[C@H]1CCCCN1C(C)C)C(C)(C)C. The highest BCUT2D eigenvalue weighted by molar-refractivity contribution is 5.97. The summed E-state index contributed by atoms with van der Waals surface area (Å²) in [4.78, 5) is 60.0. The average Bonchev–Trinajstić information content (AvgIpc) is 3.50. The summed E-state index contributed by atoms with van der Waals surface area (Å²) in [5.41, 5.74) is -0.0138. The van der Waals surface area contributed by atoms with Gasteiger partial charge in [-0.05, 0) is 77.2 Å². The summed E-state index contributed by atoms with van der Waals surface area (Å²) in [6, 6.07) is -1.60. The van der Waals surface area contributed by atoms with Crippen LogP contribution in [0, 0.1) is 11.3 Å². The van der Waals surface area contributed by atoms with E-state index < -0.39 is 17.5 Å². The van der Waals surface area contributed by atoms with Crippen LogP contribution in [-0.2, 0) is 23.9 Å².